The van der Waals surface area contributed by atoms with Crippen LogP contribution in [-0.4, -0.2) is 83.7 Å². The number of esters is 1. The van der Waals surface area contributed by atoms with E-state index in [4.69, 9.17) is 31.2 Å². The number of nitrogen functional groups attached to an aromatic ring is 2. The predicted molar refractivity (Wildman–Crippen MR) is 613 cm³/mol. The van der Waals surface area contributed by atoms with Gasteiger partial charge in [0.2, 0.25) is 11.0 Å². The number of thioether (sulfide) groups is 1. The molecule has 150 heavy (non-hydrogen) atoms. The largest absolute Gasteiger partial charge is 0.456 e. The Labute approximate surface area is 906 Å². The fraction of sp³-hybridized carbons (Fsp3) is 0.325. The molecule has 0 radical (unpaired) electrons. The van der Waals surface area contributed by atoms with Crippen molar-refractivity contribution < 1.29 is 50.3 Å². The van der Waals surface area contributed by atoms with Crippen LogP contribution in [0.2, 0.25) is 0 Å². The Balaban J connectivity index is 0.000000144. The van der Waals surface area contributed by atoms with Gasteiger partial charge in [-0.15, -0.1) is 68.0 Å². The fourth-order valence-corrected chi connectivity index (χ4v) is 29.1. The second-order valence-corrected chi connectivity index (χ2v) is 50.5. The van der Waals surface area contributed by atoms with Crippen molar-refractivity contribution in [1.29, 1.82) is 21.0 Å². The molecule has 0 bridgehead atoms. The van der Waals surface area contributed by atoms with Crippen LogP contribution < -0.4 is 27.4 Å². The first-order valence-electron chi connectivity index (χ1n) is 48.9. The zero-order chi connectivity index (χ0) is 109. The summed E-state index contributed by atoms with van der Waals surface area (Å²) < 4.78 is 68.3. The maximum absolute atomic E-state index is 13.1. The highest BCUT2D eigenvalue weighted by atomic mass is 32.2. The molecule has 17 aromatic rings. The first-order valence-corrected chi connectivity index (χ1v) is 58.3. The van der Waals surface area contributed by atoms with Crippen LogP contribution >= 0.6 is 102 Å². The number of carbonyl (C=O) groups is 5. The van der Waals surface area contributed by atoms with Crippen molar-refractivity contribution >= 4 is 229 Å². The smallest absolute Gasteiger partial charge is 0.416 e. The van der Waals surface area contributed by atoms with Crippen LogP contribution in [-0.2, 0) is 70.5 Å². The molecule has 14 heterocycles. The van der Waals surface area contributed by atoms with Gasteiger partial charge in [0.1, 0.15) is 87.7 Å². The van der Waals surface area contributed by atoms with Gasteiger partial charge in [0, 0.05) is 121 Å². The van der Waals surface area contributed by atoms with Crippen molar-refractivity contribution in [3.8, 4) is 56.3 Å². The number of alkyl halides is 3. The van der Waals surface area contributed by atoms with Crippen LogP contribution in [0.4, 0.5) is 40.2 Å². The number of benzene rings is 3. The third kappa shape index (κ3) is 24.4. The fourth-order valence-electron chi connectivity index (χ4n) is 18.8. The highest BCUT2D eigenvalue weighted by Crippen LogP contribution is 2.50. The number of sulfone groups is 1. The van der Waals surface area contributed by atoms with Gasteiger partial charge in [-0.2, -0.15) is 34.2 Å². The van der Waals surface area contributed by atoms with Gasteiger partial charge in [-0.25, -0.2) is 43.1 Å². The number of para-hydroxylation sites is 1. The molecule has 19 rings (SSSR count). The number of nitrogens with zero attached hydrogens (tertiary/aromatic N) is 10. The van der Waals surface area contributed by atoms with E-state index in [-0.39, 0.29) is 42.9 Å². The average Bonchev–Trinajstić information content (AvgIpc) is 1.59. The van der Waals surface area contributed by atoms with E-state index in [0.29, 0.717) is 78.8 Å². The summed E-state index contributed by atoms with van der Waals surface area (Å²) in [5.41, 5.74) is 34.7. The van der Waals surface area contributed by atoms with Gasteiger partial charge < -0.3 is 32.2 Å². The summed E-state index contributed by atoms with van der Waals surface area (Å²) in [5, 5.41) is 57.2. The molecule has 0 atom stereocenters. The molecule has 0 unspecified atom stereocenters. The standard InChI is InChI=1S/C25H18F3N3OS2.C24H19N3OS2.C20H22N2O2S.C16H19N3OS.C16H22N2OS2.C13H14N2O2S2/c26-25(27,28)15-7-4-6-14(12-15)22(32)31-23-17(13-29)21-20(19-10-5-11-33-19)16-8-2-1-3-9-18(16)30-24(21)34-23;25-14-17-21-20(19-12-7-13-29-19)16-10-5-2-6-11-18(16)27-24(21)30-22(17)23(28)26-15-8-3-1-4-9-15;1-11-14(13-9-7-6-8-10-13)12(2)22-18-15(11)16(21)17(25-18)19(23)24-20(3,4)5;1-6-11-9(4)13-12(7-17)15(19-14(20)8(2)3)21-16(13)18-10(11)5;1-7-10-8(2)11-12(17)13(15(19)21-16(4,5)6)20-14(11)18-9(10)3;1-5-9-7(2)11-10(6-14)13(19(4,16)17)18-12(11)15-8(9)3/h4-7,10-12H,1-3,8-9H2,(H,31,32);1,3-4,7-9,12-13H,2,5-6,10-11H2,(H,26,28);6-10H,21H2,1-5H3;8H,6H2,1-5H3,(H,19,20);7,17H2,1-6H3;5H2,1-4H3. The molecular weight excluding hydrogens is 2090 g/mol. The molecule has 23 nitrogen and oxygen atoms in total. The van der Waals surface area contributed by atoms with E-state index in [1.807, 2.05) is 189 Å². The number of thiophene rings is 8. The number of amides is 3. The Hall–Kier alpha value is -13.1. The van der Waals surface area contributed by atoms with Gasteiger partial charge in [-0.3, -0.25) is 19.2 Å². The molecular formula is C114H114F3N15O8S10. The van der Waals surface area contributed by atoms with Gasteiger partial charge in [0.25, 0.3) is 11.8 Å². The first-order chi connectivity index (χ1) is 71.2. The van der Waals surface area contributed by atoms with E-state index in [0.717, 1.165) is 247 Å². The summed E-state index contributed by atoms with van der Waals surface area (Å²) in [6, 6.07) is 40.6. The van der Waals surface area contributed by atoms with Crippen molar-refractivity contribution in [2.24, 2.45) is 5.92 Å². The van der Waals surface area contributed by atoms with E-state index in [1.165, 1.54) is 104 Å². The Kier molecular flexibility index (Phi) is 35.4. The van der Waals surface area contributed by atoms with Crippen LogP contribution in [0.1, 0.15) is 266 Å². The normalized spacial score (nSPS) is 12.5. The minimum atomic E-state index is -4.55. The minimum Gasteiger partial charge on any atom is -0.456 e. The molecule has 14 aromatic heterocycles. The third-order valence-electron chi connectivity index (χ3n) is 25.6. The van der Waals surface area contributed by atoms with Crippen molar-refractivity contribution in [3.05, 3.63) is 252 Å². The Morgan fingerprint density at radius 3 is 1.38 bits per heavy atom. The second kappa shape index (κ2) is 47.2. The maximum Gasteiger partial charge on any atom is 0.416 e. The highest BCUT2D eigenvalue weighted by molar-refractivity contribution is 8.15. The van der Waals surface area contributed by atoms with Crippen LogP contribution in [0.15, 0.2) is 124 Å². The summed E-state index contributed by atoms with van der Waals surface area (Å²) in [6.07, 6.45) is 9.53. The molecule has 0 spiro atoms. The molecule has 3 amide bonds. The number of hydrogen-bond acceptors (Lipinski definition) is 29. The summed E-state index contributed by atoms with van der Waals surface area (Å²) in [4.78, 5) is 99.2. The van der Waals surface area contributed by atoms with Crippen LogP contribution in [0.25, 0.3) is 93.3 Å². The van der Waals surface area contributed by atoms with Gasteiger partial charge in [-0.05, 0) is 256 Å². The summed E-state index contributed by atoms with van der Waals surface area (Å²) in [5.74, 6) is -1.56. The van der Waals surface area contributed by atoms with E-state index >= 15 is 0 Å². The minimum absolute atomic E-state index is 0.0399. The first kappa shape index (κ1) is 113. The highest BCUT2D eigenvalue weighted by Gasteiger charge is 2.36. The average molecular weight is 2200 g/mol. The maximum atomic E-state index is 13.1. The molecule has 774 valence electrons. The molecule has 0 saturated carbocycles. The monoisotopic (exact) mass is 2200 g/mol. The molecule has 3 aromatic carbocycles. The number of aryl methyl sites for hydroxylation is 10. The number of halogens is 3. The molecule has 7 N–H and O–H groups in total. The van der Waals surface area contributed by atoms with Gasteiger partial charge in [0.15, 0.2) is 9.84 Å². The van der Waals surface area contributed by atoms with Crippen LogP contribution in [0.3, 0.4) is 0 Å². The van der Waals surface area contributed by atoms with E-state index in [2.05, 4.69) is 93.5 Å². The number of aromatic nitrogens is 6. The Morgan fingerprint density at radius 1 is 0.467 bits per heavy atom. The molecule has 2 aliphatic carbocycles. The van der Waals surface area contributed by atoms with Gasteiger partial charge in [0.05, 0.1) is 39.2 Å². The summed E-state index contributed by atoms with van der Waals surface area (Å²) >= 11 is 12.3. The topological polar surface area (TPSA) is 389 Å². The number of rotatable bonds is 15. The summed E-state index contributed by atoms with van der Waals surface area (Å²) in [6.45, 7) is 37.5. The molecule has 0 fully saturated rings. The number of anilines is 5. The summed E-state index contributed by atoms with van der Waals surface area (Å²) in [7, 11) is -3.40. The van der Waals surface area contributed by atoms with E-state index in [9.17, 15) is 66.6 Å². The van der Waals surface area contributed by atoms with E-state index in [1.54, 1.807) is 22.7 Å². The number of nitrogens with one attached hydrogen (secondary N) is 3. The van der Waals surface area contributed by atoms with E-state index < -0.39 is 39.1 Å². The SMILES string of the molecule is CCc1c(C)nc2sc(C(=O)SC(C)(C)C)c(N)c2c1C.CCc1c(C)nc2sc(NC(=O)C(C)C)c(C#N)c2c1C.CCc1c(C)nc2sc(S(C)(=O)=O)c(C#N)c2c1C.Cc1nc2sc(C(=O)OC(C)(C)C)c(N)c2c(C)c1-c1ccccc1.N#Cc1c(C(=O)Nc2ccccc2)sc2nc3c(c(-c4cccs4)c12)CCCCC3.N#Cc1c(NC(=O)c2cccc(C(F)(F)F)c2)sc2nc3c(c(-c4cccs4)c12)CCCCC3. The lowest BCUT2D eigenvalue weighted by molar-refractivity contribution is -0.137. The Morgan fingerprint density at radius 2 is 0.900 bits per heavy atom. The zero-order valence-electron chi connectivity index (χ0n) is 86.9. The van der Waals surface area contributed by atoms with Crippen LogP contribution in [0.5, 0.6) is 0 Å². The van der Waals surface area contributed by atoms with Crippen molar-refractivity contribution in [3.63, 3.8) is 0 Å². The Bertz CT molecular complexity index is 8430. The lowest BCUT2D eigenvalue weighted by Crippen LogP contribution is -2.23. The number of pyridine rings is 6. The zero-order valence-corrected chi connectivity index (χ0v) is 95.1. The number of hydrogen-bond donors (Lipinski definition) is 5. The predicted octanol–water partition coefficient (Wildman–Crippen LogP) is 30.4. The third-order valence-corrected chi connectivity index (χ3v) is 36.7. The quantitative estimate of drug-likeness (QED) is 0.0470. The molecule has 2 aliphatic rings. The molecule has 36 heteroatoms. The number of nitrogens with two attached hydrogens (primary N) is 2. The second-order valence-electron chi connectivity index (χ2n) is 38.6. The molecule has 0 saturated heterocycles. The van der Waals surface area contributed by atoms with Crippen molar-refractivity contribution in [2.45, 2.75) is 236 Å². The number of carbonyl (C=O) groups excluding carboxylic acids is 5. The molecule has 0 aliphatic heterocycles. The van der Waals surface area contributed by atoms with Gasteiger partial charge >= 0.3 is 12.1 Å². The number of ether oxygens (including phenoxy) is 1. The van der Waals surface area contributed by atoms with Crippen molar-refractivity contribution in [1.82, 2.24) is 29.9 Å². The van der Waals surface area contributed by atoms with Gasteiger partial charge in [-0.1, -0.05) is 169 Å². The number of nitriles is 4. The lowest BCUT2D eigenvalue weighted by atomic mass is 9.96. The van der Waals surface area contributed by atoms with Crippen molar-refractivity contribution in [2.75, 3.05) is 33.7 Å². The lowest BCUT2D eigenvalue weighted by Gasteiger charge is -2.19. The van der Waals surface area contributed by atoms with Crippen LogP contribution in [0, 0.1) is 107 Å². The number of fused-ring (bicyclic) bond motifs is 8.